The van der Waals surface area contributed by atoms with Crippen LogP contribution in [0.2, 0.25) is 0 Å². The van der Waals surface area contributed by atoms with Gasteiger partial charge in [0.25, 0.3) is 0 Å². The fourth-order valence-electron chi connectivity index (χ4n) is 3.54. The third-order valence-corrected chi connectivity index (χ3v) is 6.11. The minimum Gasteiger partial charge on any atom is -0.489 e. The molecule has 0 atom stereocenters. The molecule has 0 fully saturated rings. The van der Waals surface area contributed by atoms with Gasteiger partial charge in [-0.1, -0.05) is 87.7 Å². The van der Waals surface area contributed by atoms with E-state index in [4.69, 9.17) is 14.4 Å². The average Bonchev–Trinajstić information content (AvgIpc) is 2.91. The van der Waals surface area contributed by atoms with Crippen LogP contribution in [0.5, 0.6) is 5.75 Å². The smallest absolute Gasteiger partial charge is 0.368 e. The molecule has 0 bridgehead atoms. The number of esters is 1. The van der Waals surface area contributed by atoms with E-state index in [0.29, 0.717) is 12.2 Å². The van der Waals surface area contributed by atoms with E-state index in [0.717, 1.165) is 33.6 Å². The summed E-state index contributed by atoms with van der Waals surface area (Å²) < 4.78 is 11.2. The van der Waals surface area contributed by atoms with E-state index in [1.165, 1.54) is 0 Å². The van der Waals surface area contributed by atoms with E-state index in [9.17, 15) is 9.59 Å². The van der Waals surface area contributed by atoms with Gasteiger partial charge < -0.3 is 9.47 Å². The van der Waals surface area contributed by atoms with Crippen molar-refractivity contribution in [2.75, 3.05) is 0 Å². The third-order valence-electron chi connectivity index (χ3n) is 6.11. The lowest BCUT2D eigenvalue weighted by atomic mass is 9.78. The van der Waals surface area contributed by atoms with Crippen LogP contribution in [0.1, 0.15) is 55.5 Å². The van der Waals surface area contributed by atoms with Crippen LogP contribution in [0.4, 0.5) is 0 Å². The topological polar surface area (TPSA) is 71.1 Å². The molecule has 3 aromatic rings. The normalized spacial score (nSPS) is 10.9. The summed E-state index contributed by atoms with van der Waals surface area (Å²) in [6.45, 7) is 15.4. The van der Waals surface area contributed by atoms with Crippen LogP contribution in [-0.4, -0.2) is 11.9 Å². The van der Waals surface area contributed by atoms with Crippen molar-refractivity contribution in [3.8, 4) is 5.75 Å². The van der Waals surface area contributed by atoms with Crippen molar-refractivity contribution in [3.63, 3.8) is 0 Å². The Morgan fingerprint density at radius 2 is 1.11 bits per heavy atom. The van der Waals surface area contributed by atoms with Crippen molar-refractivity contribution in [1.82, 2.24) is 0 Å². The lowest BCUT2D eigenvalue weighted by Gasteiger charge is -2.26. The van der Waals surface area contributed by atoms with Gasteiger partial charge in [0.1, 0.15) is 25.6 Å². The third kappa shape index (κ3) is 7.92. The zero-order valence-corrected chi connectivity index (χ0v) is 22.4. The van der Waals surface area contributed by atoms with Crippen molar-refractivity contribution in [2.45, 2.75) is 52.9 Å². The van der Waals surface area contributed by atoms with Gasteiger partial charge in [0.2, 0.25) is 0 Å². The zero-order chi connectivity index (χ0) is 27.7. The van der Waals surface area contributed by atoms with Crippen LogP contribution in [0.3, 0.4) is 0 Å². The van der Waals surface area contributed by atoms with Gasteiger partial charge >= 0.3 is 11.9 Å². The summed E-state index contributed by atoms with van der Waals surface area (Å²) in [7, 11) is 0. The highest BCUT2D eigenvalue weighted by Gasteiger charge is 2.23. The number of ether oxygens (including phenoxy) is 2. The molecule has 0 aliphatic carbocycles. The molecule has 38 heavy (non-hydrogen) atoms. The first kappa shape index (κ1) is 28.4. The van der Waals surface area contributed by atoms with Crippen LogP contribution < -0.4 is 4.74 Å². The van der Waals surface area contributed by atoms with Gasteiger partial charge in [-0.15, -0.1) is 0 Å². The van der Waals surface area contributed by atoms with Crippen LogP contribution in [0.15, 0.2) is 97.1 Å². The largest absolute Gasteiger partial charge is 0.489 e. The minimum absolute atomic E-state index is 0.155. The number of benzene rings is 3. The Bertz CT molecular complexity index is 1270. The average molecular weight is 515 g/mol. The second kappa shape index (κ2) is 12.9. The van der Waals surface area contributed by atoms with Crippen molar-refractivity contribution in [2.24, 2.45) is 0 Å². The van der Waals surface area contributed by atoms with Crippen molar-refractivity contribution in [3.05, 3.63) is 125 Å². The second-order valence-electron chi connectivity index (χ2n) is 9.72. The molecule has 3 aromatic carbocycles. The summed E-state index contributed by atoms with van der Waals surface area (Å²) in [6, 6.07) is 23.9. The molecule has 0 saturated heterocycles. The first-order valence-corrected chi connectivity index (χ1v) is 12.3. The monoisotopic (exact) mass is 514 g/mol. The second-order valence-corrected chi connectivity index (χ2v) is 9.72. The van der Waals surface area contributed by atoms with Gasteiger partial charge in [-0.25, -0.2) is 9.59 Å². The van der Waals surface area contributed by atoms with Crippen LogP contribution in [-0.2, 0) is 49.3 Å². The SMILES string of the molecule is C=C(C)C(=O)OCc1ccc(C(C)(C)c2ccc(OCc3ccc(COOC(=O)C(=C)C)cc3)cc2)cc1. The summed E-state index contributed by atoms with van der Waals surface area (Å²) >= 11 is 0. The van der Waals surface area contributed by atoms with Crippen LogP contribution in [0.25, 0.3) is 0 Å². The quantitative estimate of drug-likeness (QED) is 0.115. The fraction of sp³-hybridized carbons (Fsp3) is 0.250. The zero-order valence-electron chi connectivity index (χ0n) is 22.4. The molecule has 198 valence electrons. The summed E-state index contributed by atoms with van der Waals surface area (Å²) in [4.78, 5) is 32.6. The van der Waals surface area contributed by atoms with Gasteiger partial charge in [0, 0.05) is 16.6 Å². The number of carbonyl (C=O) groups is 2. The van der Waals surface area contributed by atoms with Gasteiger partial charge in [-0.05, 0) is 53.8 Å². The Labute approximate surface area is 224 Å². The molecular formula is C32H34O6. The minimum atomic E-state index is -0.582. The number of carbonyl (C=O) groups excluding carboxylic acids is 2. The molecule has 0 aliphatic heterocycles. The molecule has 3 rings (SSSR count). The molecule has 6 nitrogen and oxygen atoms in total. The lowest BCUT2D eigenvalue weighted by molar-refractivity contribution is -0.276. The Kier molecular flexibility index (Phi) is 9.63. The first-order valence-electron chi connectivity index (χ1n) is 12.3. The van der Waals surface area contributed by atoms with Gasteiger partial charge in [0.15, 0.2) is 0 Å². The predicted molar refractivity (Wildman–Crippen MR) is 146 cm³/mol. The Morgan fingerprint density at radius 3 is 1.63 bits per heavy atom. The number of rotatable bonds is 12. The Balaban J connectivity index is 1.52. The molecule has 0 saturated carbocycles. The van der Waals surface area contributed by atoms with Crippen molar-refractivity contribution < 1.29 is 28.8 Å². The maximum absolute atomic E-state index is 11.6. The molecule has 0 radical (unpaired) electrons. The summed E-state index contributed by atoms with van der Waals surface area (Å²) in [6.07, 6.45) is 0. The van der Waals surface area contributed by atoms with E-state index in [2.05, 4.69) is 56.2 Å². The molecule has 0 N–H and O–H groups in total. The van der Waals surface area contributed by atoms with Crippen molar-refractivity contribution >= 4 is 11.9 Å². The van der Waals surface area contributed by atoms with E-state index >= 15 is 0 Å². The molecule has 0 heterocycles. The maximum Gasteiger partial charge on any atom is 0.368 e. The van der Waals surface area contributed by atoms with Gasteiger partial charge in [-0.3, -0.25) is 4.89 Å². The molecule has 0 aromatic heterocycles. The highest BCUT2D eigenvalue weighted by atomic mass is 17.2. The highest BCUT2D eigenvalue weighted by molar-refractivity contribution is 5.87. The summed E-state index contributed by atoms with van der Waals surface area (Å²) in [5.41, 5.74) is 5.56. The molecule has 0 amide bonds. The van der Waals surface area contributed by atoms with E-state index < -0.39 is 5.97 Å². The van der Waals surface area contributed by atoms with E-state index in [1.54, 1.807) is 13.8 Å². The van der Waals surface area contributed by atoms with Gasteiger partial charge in [-0.2, -0.15) is 4.89 Å². The Hall–Kier alpha value is -4.16. The molecule has 0 unspecified atom stereocenters. The Morgan fingerprint density at radius 1 is 0.658 bits per heavy atom. The highest BCUT2D eigenvalue weighted by Crippen LogP contribution is 2.32. The van der Waals surface area contributed by atoms with Crippen LogP contribution in [0, 0.1) is 0 Å². The number of hydrogen-bond acceptors (Lipinski definition) is 6. The van der Waals surface area contributed by atoms with Gasteiger partial charge in [0.05, 0.1) is 0 Å². The summed E-state index contributed by atoms with van der Waals surface area (Å²) in [5, 5.41) is 0. The van der Waals surface area contributed by atoms with E-state index in [-0.39, 0.29) is 30.2 Å². The van der Waals surface area contributed by atoms with Crippen LogP contribution >= 0.6 is 0 Å². The maximum atomic E-state index is 11.6. The first-order chi connectivity index (χ1) is 18.1. The molecule has 6 heteroatoms. The molecule has 0 aliphatic rings. The van der Waals surface area contributed by atoms with Crippen molar-refractivity contribution in [1.29, 1.82) is 0 Å². The molecule has 0 spiro atoms. The van der Waals surface area contributed by atoms with E-state index in [1.807, 2.05) is 48.5 Å². The number of hydrogen-bond donors (Lipinski definition) is 0. The predicted octanol–water partition coefficient (Wildman–Crippen LogP) is 6.76. The summed E-state index contributed by atoms with van der Waals surface area (Å²) in [5.74, 6) is -0.193. The standard InChI is InChI=1S/C32H34O6/c1-22(2)30(33)36-20-25-11-13-27(14-12-25)32(5,6)28-15-17-29(18-16-28)35-19-24-7-9-26(10-8-24)21-37-38-31(34)23(3)4/h7-18H,1,3,19-21H2,2,4-6H3. The molecular weight excluding hydrogens is 480 g/mol. The lowest BCUT2D eigenvalue weighted by Crippen LogP contribution is -2.18. The fourth-order valence-corrected chi connectivity index (χ4v) is 3.54.